The Morgan fingerprint density at radius 2 is 1.86 bits per heavy atom. The van der Waals surface area contributed by atoms with Crippen molar-refractivity contribution in [1.29, 1.82) is 0 Å². The maximum absolute atomic E-state index is 12.2. The molecule has 1 amide bonds. The molecule has 2 N–H and O–H groups in total. The Labute approximate surface area is 126 Å². The third-order valence-corrected chi connectivity index (χ3v) is 3.11. The van der Waals surface area contributed by atoms with E-state index in [1.165, 1.54) is 18.2 Å². The van der Waals surface area contributed by atoms with E-state index in [0.717, 1.165) is 5.56 Å². The lowest BCUT2D eigenvalue weighted by molar-refractivity contribution is 0.0696. The summed E-state index contributed by atoms with van der Waals surface area (Å²) >= 11 is 5.83. The number of carboxylic acids is 1. The Bertz CT molecular complexity index is 709. The van der Waals surface area contributed by atoms with Crippen LogP contribution in [0.1, 0.15) is 32.0 Å². The first-order valence-corrected chi connectivity index (χ1v) is 6.54. The molecule has 0 saturated heterocycles. The van der Waals surface area contributed by atoms with E-state index in [4.69, 9.17) is 16.7 Å². The fourth-order valence-corrected chi connectivity index (χ4v) is 2.09. The summed E-state index contributed by atoms with van der Waals surface area (Å²) in [4.78, 5) is 27.2. The van der Waals surface area contributed by atoms with Crippen LogP contribution in [0.15, 0.2) is 30.3 Å². The van der Waals surface area contributed by atoms with E-state index in [-0.39, 0.29) is 16.6 Å². The first kappa shape index (κ1) is 15.0. The van der Waals surface area contributed by atoms with Crippen LogP contribution in [-0.2, 0) is 0 Å². The second kappa shape index (κ2) is 5.93. The quantitative estimate of drug-likeness (QED) is 0.853. The van der Waals surface area contributed by atoms with Gasteiger partial charge in [-0.2, -0.15) is 0 Å². The highest BCUT2D eigenvalue weighted by Gasteiger charge is 2.12. The van der Waals surface area contributed by atoms with E-state index in [0.29, 0.717) is 16.9 Å². The number of hydrogen-bond acceptors (Lipinski definition) is 3. The lowest BCUT2D eigenvalue weighted by Crippen LogP contribution is -2.14. The van der Waals surface area contributed by atoms with Crippen molar-refractivity contribution >= 4 is 29.2 Å². The molecule has 108 valence electrons. The first-order chi connectivity index (χ1) is 9.86. The zero-order valence-electron chi connectivity index (χ0n) is 11.5. The number of nitrogens with one attached hydrogen (secondary N) is 1. The number of carbonyl (C=O) groups excluding carboxylic acids is 1. The summed E-state index contributed by atoms with van der Waals surface area (Å²) in [6.45, 7) is 3.52. The largest absolute Gasteiger partial charge is 0.478 e. The van der Waals surface area contributed by atoms with Gasteiger partial charge < -0.3 is 10.4 Å². The van der Waals surface area contributed by atoms with Crippen molar-refractivity contribution in [2.75, 3.05) is 5.32 Å². The average molecular weight is 305 g/mol. The van der Waals surface area contributed by atoms with Crippen LogP contribution in [-0.4, -0.2) is 22.0 Å². The molecule has 0 atom stereocenters. The summed E-state index contributed by atoms with van der Waals surface area (Å²) in [6.07, 6.45) is 0. The van der Waals surface area contributed by atoms with Crippen LogP contribution in [0.3, 0.4) is 0 Å². The van der Waals surface area contributed by atoms with Crippen molar-refractivity contribution in [2.45, 2.75) is 13.8 Å². The van der Waals surface area contributed by atoms with Crippen LogP contribution < -0.4 is 5.32 Å². The van der Waals surface area contributed by atoms with Gasteiger partial charge >= 0.3 is 5.97 Å². The number of pyridine rings is 1. The fourth-order valence-electron chi connectivity index (χ4n) is 1.84. The standard InChI is InChI=1S/C15H13ClN2O3/c1-8-3-4-10(15(20)21)6-12(8)18-14(19)11-5-9(2)17-13(16)7-11/h3-7H,1-2H3,(H,18,19)(H,20,21). The number of benzene rings is 1. The van der Waals surface area contributed by atoms with Crippen molar-refractivity contribution < 1.29 is 14.7 Å². The SMILES string of the molecule is Cc1cc(C(=O)Nc2cc(C(=O)O)ccc2C)cc(Cl)n1. The normalized spacial score (nSPS) is 10.2. The molecule has 0 fully saturated rings. The van der Waals surface area contributed by atoms with E-state index >= 15 is 0 Å². The van der Waals surface area contributed by atoms with Crippen molar-refractivity contribution in [1.82, 2.24) is 4.98 Å². The lowest BCUT2D eigenvalue weighted by Gasteiger charge is -2.10. The number of nitrogens with zero attached hydrogens (tertiary/aromatic N) is 1. The average Bonchev–Trinajstić information content (AvgIpc) is 2.39. The first-order valence-electron chi connectivity index (χ1n) is 6.16. The van der Waals surface area contributed by atoms with E-state index < -0.39 is 5.97 Å². The van der Waals surface area contributed by atoms with Gasteiger partial charge in [-0.15, -0.1) is 0 Å². The maximum atomic E-state index is 12.2. The maximum Gasteiger partial charge on any atom is 0.335 e. The smallest absolute Gasteiger partial charge is 0.335 e. The molecule has 6 heteroatoms. The van der Waals surface area contributed by atoms with Crippen LogP contribution in [0.25, 0.3) is 0 Å². The van der Waals surface area contributed by atoms with Gasteiger partial charge in [0, 0.05) is 16.9 Å². The molecular formula is C15H13ClN2O3. The van der Waals surface area contributed by atoms with Gasteiger partial charge in [0.25, 0.3) is 5.91 Å². The van der Waals surface area contributed by atoms with Gasteiger partial charge in [-0.05, 0) is 43.7 Å². The van der Waals surface area contributed by atoms with Gasteiger partial charge in [-0.1, -0.05) is 17.7 Å². The second-order valence-electron chi connectivity index (χ2n) is 4.61. The Kier molecular flexibility index (Phi) is 4.23. The Morgan fingerprint density at radius 3 is 2.48 bits per heavy atom. The number of amides is 1. The number of aryl methyl sites for hydroxylation is 2. The van der Waals surface area contributed by atoms with Crippen LogP contribution in [0.4, 0.5) is 5.69 Å². The minimum atomic E-state index is -1.05. The van der Waals surface area contributed by atoms with Crippen LogP contribution in [0.2, 0.25) is 5.15 Å². The molecule has 21 heavy (non-hydrogen) atoms. The zero-order valence-corrected chi connectivity index (χ0v) is 12.2. The molecule has 2 aromatic rings. The van der Waals surface area contributed by atoms with Crippen molar-refractivity contribution in [3.05, 3.63) is 57.9 Å². The van der Waals surface area contributed by atoms with E-state index in [9.17, 15) is 9.59 Å². The summed E-state index contributed by atoms with van der Waals surface area (Å²) in [5, 5.41) is 11.9. The summed E-state index contributed by atoms with van der Waals surface area (Å²) < 4.78 is 0. The number of aromatic nitrogens is 1. The number of aromatic carboxylic acids is 1. The highest BCUT2D eigenvalue weighted by atomic mass is 35.5. The van der Waals surface area contributed by atoms with E-state index in [2.05, 4.69) is 10.3 Å². The highest BCUT2D eigenvalue weighted by molar-refractivity contribution is 6.29. The van der Waals surface area contributed by atoms with Gasteiger partial charge in [-0.3, -0.25) is 4.79 Å². The van der Waals surface area contributed by atoms with Crippen molar-refractivity contribution in [2.24, 2.45) is 0 Å². The third kappa shape index (κ3) is 3.58. The van der Waals surface area contributed by atoms with Crippen molar-refractivity contribution in [3.8, 4) is 0 Å². The Hall–Kier alpha value is -2.40. The minimum absolute atomic E-state index is 0.111. The molecular weight excluding hydrogens is 292 g/mol. The summed E-state index contributed by atoms with van der Waals surface area (Å²) in [5.74, 6) is -1.42. The molecule has 5 nitrogen and oxygen atoms in total. The summed E-state index contributed by atoms with van der Waals surface area (Å²) in [7, 11) is 0. The monoisotopic (exact) mass is 304 g/mol. The topological polar surface area (TPSA) is 79.3 Å². The van der Waals surface area contributed by atoms with Gasteiger partial charge in [-0.25, -0.2) is 9.78 Å². The van der Waals surface area contributed by atoms with Gasteiger partial charge in [0.1, 0.15) is 5.15 Å². The molecule has 0 aliphatic rings. The summed E-state index contributed by atoms with van der Waals surface area (Å²) in [6, 6.07) is 7.62. The van der Waals surface area contributed by atoms with Crippen LogP contribution in [0.5, 0.6) is 0 Å². The molecule has 1 aromatic carbocycles. The molecule has 0 aliphatic carbocycles. The zero-order chi connectivity index (χ0) is 15.6. The molecule has 0 saturated carbocycles. The second-order valence-corrected chi connectivity index (χ2v) is 5.00. The number of rotatable bonds is 3. The third-order valence-electron chi connectivity index (χ3n) is 2.92. The van der Waals surface area contributed by atoms with E-state index in [1.807, 2.05) is 0 Å². The van der Waals surface area contributed by atoms with Crippen LogP contribution >= 0.6 is 11.6 Å². The summed E-state index contributed by atoms with van der Waals surface area (Å²) in [5.41, 5.74) is 2.33. The molecule has 0 aliphatic heterocycles. The molecule has 0 unspecified atom stereocenters. The molecule has 1 heterocycles. The van der Waals surface area contributed by atoms with E-state index in [1.54, 1.807) is 26.0 Å². The highest BCUT2D eigenvalue weighted by Crippen LogP contribution is 2.19. The molecule has 0 radical (unpaired) electrons. The molecule has 1 aromatic heterocycles. The number of carbonyl (C=O) groups is 2. The Morgan fingerprint density at radius 1 is 1.14 bits per heavy atom. The number of anilines is 1. The molecule has 0 spiro atoms. The molecule has 0 bridgehead atoms. The van der Waals surface area contributed by atoms with Gasteiger partial charge in [0.2, 0.25) is 0 Å². The van der Waals surface area contributed by atoms with Gasteiger partial charge in [0.15, 0.2) is 0 Å². The number of carboxylic acid groups (broad SMARTS) is 1. The number of hydrogen-bond donors (Lipinski definition) is 2. The predicted octanol–water partition coefficient (Wildman–Crippen LogP) is 3.30. The molecule has 2 rings (SSSR count). The number of halogens is 1. The lowest BCUT2D eigenvalue weighted by atomic mass is 10.1. The predicted molar refractivity (Wildman–Crippen MR) is 80.1 cm³/mol. The minimum Gasteiger partial charge on any atom is -0.478 e. The Balaban J connectivity index is 2.31. The van der Waals surface area contributed by atoms with Gasteiger partial charge in [0.05, 0.1) is 5.56 Å². The van der Waals surface area contributed by atoms with Crippen LogP contribution in [0, 0.1) is 13.8 Å². The van der Waals surface area contributed by atoms with Crippen molar-refractivity contribution in [3.63, 3.8) is 0 Å². The fraction of sp³-hybridized carbons (Fsp3) is 0.133.